The summed E-state index contributed by atoms with van der Waals surface area (Å²) in [6.45, 7) is 16.3. The summed E-state index contributed by atoms with van der Waals surface area (Å²) in [5, 5.41) is 0.953. The molecule has 0 atom stereocenters. The second-order valence-electron chi connectivity index (χ2n) is 9.28. The highest BCUT2D eigenvalue weighted by Crippen LogP contribution is 2.51. The minimum atomic E-state index is -2.96. The summed E-state index contributed by atoms with van der Waals surface area (Å²) in [5.74, 6) is 0. The lowest BCUT2D eigenvalue weighted by Gasteiger charge is -2.17. The molecule has 0 bridgehead atoms. The Bertz CT molecular complexity index is 1160. The fourth-order valence-corrected chi connectivity index (χ4v) is 5.67. The minimum Gasteiger partial charge on any atom is -0.313 e. The van der Waals surface area contributed by atoms with Crippen LogP contribution >= 0.6 is 32.1 Å². The van der Waals surface area contributed by atoms with E-state index in [1.54, 1.807) is 0 Å². The number of rotatable bonds is 15. The SMILES string of the molecule is CCOP(=O)(Cc1cccc(C)c1)OCC.CCOP(OCC)OCC.Cc1cccc(CBr)c1.O=C=O.O=C=O.[B]B([B])B([B])[B].[B][B]B([B])[B]. The van der Waals surface area contributed by atoms with Gasteiger partial charge in [0.2, 0.25) is 0 Å². The van der Waals surface area contributed by atoms with Crippen molar-refractivity contribution in [1.29, 1.82) is 0 Å². The largest absolute Gasteiger partial charge is 0.373 e. The molecule has 2 rings (SSSR count). The highest BCUT2D eigenvalue weighted by atomic mass is 79.9. The number of benzene rings is 2. The zero-order valence-electron chi connectivity index (χ0n) is 31.3. The zero-order valence-corrected chi connectivity index (χ0v) is 34.6. The summed E-state index contributed by atoms with van der Waals surface area (Å²) in [5.41, 5.74) is 4.81. The zero-order chi connectivity index (χ0) is 41.4. The van der Waals surface area contributed by atoms with E-state index >= 15 is 0 Å². The van der Waals surface area contributed by atoms with Gasteiger partial charge < -0.3 is 22.6 Å². The van der Waals surface area contributed by atoms with E-state index in [-0.39, 0.29) is 12.3 Å². The summed E-state index contributed by atoms with van der Waals surface area (Å²) in [7, 11) is 31.6. The van der Waals surface area contributed by atoms with Crippen LogP contribution in [0.15, 0.2) is 48.5 Å². The molecule has 10 nitrogen and oxygen atoms in total. The monoisotopic (exact) mass is 801 g/mol. The summed E-state index contributed by atoms with van der Waals surface area (Å²) in [4.78, 5) is 32.5. The molecule has 2 aromatic carbocycles. The molecule has 0 aliphatic heterocycles. The third kappa shape index (κ3) is 46.9. The van der Waals surface area contributed by atoms with Crippen LogP contribution in [0.25, 0.3) is 0 Å². The van der Waals surface area contributed by atoms with Crippen molar-refractivity contribution in [1.82, 2.24) is 0 Å². The van der Waals surface area contributed by atoms with Crippen LogP contribution in [0.3, 0.4) is 0 Å². The van der Waals surface area contributed by atoms with Crippen LogP contribution in [-0.2, 0) is 57.9 Å². The maximum Gasteiger partial charge on any atom is 0.373 e. The van der Waals surface area contributed by atoms with Gasteiger partial charge in [0.15, 0.2) is 0 Å². The molecule has 52 heavy (non-hydrogen) atoms. The third-order valence-corrected chi connectivity index (χ3v) is 8.83. The van der Waals surface area contributed by atoms with Crippen molar-refractivity contribution in [2.75, 3.05) is 33.0 Å². The van der Waals surface area contributed by atoms with Crippen LogP contribution in [0.2, 0.25) is 0 Å². The molecule has 2 aromatic rings. The highest BCUT2D eigenvalue weighted by molar-refractivity contribution is 9.08. The lowest BCUT2D eigenvalue weighted by Crippen LogP contribution is -2.38. The fourth-order valence-electron chi connectivity index (χ4n) is 2.78. The molecule has 24 heteroatoms. The van der Waals surface area contributed by atoms with Gasteiger partial charge in [-0.2, -0.15) is 19.2 Å². The lowest BCUT2D eigenvalue weighted by atomic mass is 8.81. The molecular formula is C28H43B11BrO10P2. The van der Waals surface area contributed by atoms with Gasteiger partial charge in [-0.1, -0.05) is 75.6 Å². The van der Waals surface area contributed by atoms with E-state index in [1.165, 1.54) is 18.2 Å². The molecule has 15 radical (unpaired) electrons. The summed E-state index contributed by atoms with van der Waals surface area (Å²) in [6.07, 6.45) is -0.805. The second kappa shape index (κ2) is 44.3. The van der Waals surface area contributed by atoms with Crippen LogP contribution in [0.5, 0.6) is 0 Å². The van der Waals surface area contributed by atoms with Gasteiger partial charge in [0.25, 0.3) is 0 Å². The molecule has 0 saturated carbocycles. The Hall–Kier alpha value is -1.15. The van der Waals surface area contributed by atoms with Gasteiger partial charge in [-0.05, 0) is 59.6 Å². The number of carbonyl (C=O) groups excluding carboxylic acids is 4. The summed E-state index contributed by atoms with van der Waals surface area (Å²) >= 11 is 3.39. The van der Waals surface area contributed by atoms with E-state index in [0.717, 1.165) is 16.5 Å². The van der Waals surface area contributed by atoms with Crippen molar-refractivity contribution in [2.24, 2.45) is 0 Å². The predicted octanol–water partition coefficient (Wildman–Crippen LogP) is 3.62. The Balaban J connectivity index is -0.000000179. The molecule has 0 aromatic heterocycles. The van der Waals surface area contributed by atoms with Crippen LogP contribution in [0.1, 0.15) is 56.9 Å². The van der Waals surface area contributed by atoms with Crippen molar-refractivity contribution in [3.63, 3.8) is 0 Å². The van der Waals surface area contributed by atoms with Crippen molar-refractivity contribution < 1.29 is 46.4 Å². The molecule has 0 N–H and O–H groups in total. The van der Waals surface area contributed by atoms with Crippen LogP contribution in [0.4, 0.5) is 0 Å². The maximum absolute atomic E-state index is 12.2. The average molecular weight is 800 g/mol. The molecule has 0 amide bonds. The van der Waals surface area contributed by atoms with Crippen molar-refractivity contribution >= 4 is 125 Å². The molecular weight excluding hydrogens is 757 g/mol. The van der Waals surface area contributed by atoms with E-state index < -0.39 is 35.4 Å². The standard InChI is InChI=1S/C12H19O3P.C8H9Br.C6H15O3P.2CO2.B6.B5/c1-4-14-16(13,15-5-2)10-12-8-6-7-11(3)9-12;1-7-3-2-4-8(5-7)6-9;1-4-7-10(8-5-2)9-6-3;2*2-1-3;1-5(2)6(3)4;1-4-5(2)3/h6-9H,4-5,10H2,1-3H3;2-5H,6H2,1H3;4-6H2,1-3H3;;;;. The van der Waals surface area contributed by atoms with Gasteiger partial charge in [-0.15, -0.1) is 0 Å². The fraction of sp³-hybridized carbons (Fsp3) is 0.500. The van der Waals surface area contributed by atoms with Crippen LogP contribution in [-0.4, -0.2) is 126 Å². The van der Waals surface area contributed by atoms with Crippen LogP contribution < -0.4 is 0 Å². The average Bonchev–Trinajstić information content (AvgIpc) is 3.07. The Labute approximate surface area is 333 Å². The van der Waals surface area contributed by atoms with Crippen molar-refractivity contribution in [2.45, 2.75) is 60.0 Å². The minimum absolute atomic E-state index is 0.250. The first-order chi connectivity index (χ1) is 24.5. The number of hydrogen-bond donors (Lipinski definition) is 0. The molecule has 0 spiro atoms. The molecule has 0 fully saturated rings. The maximum atomic E-state index is 12.2. The van der Waals surface area contributed by atoms with Gasteiger partial charge in [0, 0.05) is 85.7 Å². The number of hydrogen-bond acceptors (Lipinski definition) is 10. The topological polar surface area (TPSA) is 132 Å². The van der Waals surface area contributed by atoms with E-state index in [2.05, 4.69) is 47.1 Å². The number of alkyl halides is 1. The first-order valence-electron chi connectivity index (χ1n) is 15.8. The Morgan fingerprint density at radius 2 is 1.02 bits per heavy atom. The van der Waals surface area contributed by atoms with Crippen molar-refractivity contribution in [3.8, 4) is 0 Å². The second-order valence-corrected chi connectivity index (χ2v) is 13.1. The Morgan fingerprint density at radius 1 is 0.692 bits per heavy atom. The van der Waals surface area contributed by atoms with E-state index in [1.807, 2.05) is 65.8 Å². The predicted molar refractivity (Wildman–Crippen MR) is 225 cm³/mol. The van der Waals surface area contributed by atoms with Gasteiger partial charge in [0.1, 0.15) is 0 Å². The third-order valence-electron chi connectivity index (χ3n) is 4.72. The van der Waals surface area contributed by atoms with Gasteiger partial charge in [0.05, 0.1) is 39.2 Å². The lowest BCUT2D eigenvalue weighted by molar-refractivity contribution is -0.193. The first kappa shape index (κ1) is 60.1. The highest BCUT2D eigenvalue weighted by Gasteiger charge is 2.23. The van der Waals surface area contributed by atoms with Gasteiger partial charge >= 0.3 is 28.5 Å². The normalized spacial score (nSPS) is 9.10. The smallest absolute Gasteiger partial charge is 0.313 e. The quantitative estimate of drug-likeness (QED) is 0.150. The Morgan fingerprint density at radius 3 is 1.25 bits per heavy atom. The number of halogens is 1. The number of aryl methyl sites for hydroxylation is 2. The molecule has 0 aliphatic carbocycles. The van der Waals surface area contributed by atoms with Crippen molar-refractivity contribution in [3.05, 3.63) is 70.8 Å². The molecule has 0 unspecified atom stereocenters. The van der Waals surface area contributed by atoms with E-state index in [4.69, 9.17) is 96.0 Å². The molecule has 0 saturated heterocycles. The van der Waals surface area contributed by atoms with E-state index in [9.17, 15) is 4.57 Å². The first-order valence-corrected chi connectivity index (χ1v) is 19.8. The Kier molecular flexibility index (Phi) is 51.2. The summed E-state index contributed by atoms with van der Waals surface area (Å²) in [6, 6.07) is 16.4. The molecule has 0 aliphatic rings. The summed E-state index contributed by atoms with van der Waals surface area (Å²) < 4.78 is 38.2. The van der Waals surface area contributed by atoms with Crippen LogP contribution in [0, 0.1) is 13.8 Å². The van der Waals surface area contributed by atoms with E-state index in [0.29, 0.717) is 39.2 Å². The van der Waals surface area contributed by atoms with Gasteiger partial charge in [-0.25, -0.2) is 0 Å². The molecule has 0 heterocycles. The molecule has 265 valence electrons. The van der Waals surface area contributed by atoms with Gasteiger partial charge in [-0.3, -0.25) is 4.57 Å².